The van der Waals surface area contributed by atoms with Gasteiger partial charge in [-0.05, 0) is 66.1 Å². The minimum Gasteiger partial charge on any atom is -0.399 e. The fourth-order valence-corrected chi connectivity index (χ4v) is 4.99. The van der Waals surface area contributed by atoms with E-state index in [4.69, 9.17) is 5.73 Å². The molecule has 5 rings (SSSR count). The Morgan fingerprint density at radius 2 is 2.03 bits per heavy atom. The predicted octanol–water partition coefficient (Wildman–Crippen LogP) is 6.18. The molecule has 0 saturated carbocycles. The molecule has 0 saturated heterocycles. The molecular weight excluding hydrogens is 447 g/mol. The highest BCUT2D eigenvalue weighted by molar-refractivity contribution is 7.99. The van der Waals surface area contributed by atoms with Gasteiger partial charge in [-0.2, -0.15) is 29.9 Å². The fourth-order valence-electron chi connectivity index (χ4n) is 4.14. The van der Waals surface area contributed by atoms with Gasteiger partial charge in [-0.3, -0.25) is 4.40 Å². The number of hydrogen-bond acceptors (Lipinski definition) is 5. The van der Waals surface area contributed by atoms with Gasteiger partial charge in [0.2, 0.25) is 5.78 Å². The molecule has 1 aliphatic rings. The maximum Gasteiger partial charge on any atom is 0.416 e. The zero-order valence-corrected chi connectivity index (χ0v) is 18.7. The first-order chi connectivity index (χ1) is 15.8. The molecule has 2 aromatic heterocycles. The summed E-state index contributed by atoms with van der Waals surface area (Å²) in [6.45, 7) is 1.79. The minimum absolute atomic E-state index is 0.0689. The number of imidazole rings is 1. The van der Waals surface area contributed by atoms with Crippen molar-refractivity contribution in [2.45, 2.75) is 25.6 Å². The van der Waals surface area contributed by atoms with E-state index in [1.165, 1.54) is 5.57 Å². The third kappa shape index (κ3) is 4.25. The van der Waals surface area contributed by atoms with Crippen LogP contribution in [0, 0.1) is 0 Å². The first-order valence-corrected chi connectivity index (χ1v) is 11.7. The molecule has 9 heteroatoms. The number of halogens is 3. The van der Waals surface area contributed by atoms with Crippen molar-refractivity contribution in [2.24, 2.45) is 0 Å². The van der Waals surface area contributed by atoms with Crippen LogP contribution in [0.3, 0.4) is 0 Å². The maximum absolute atomic E-state index is 13.3. The second-order valence-electron chi connectivity index (χ2n) is 8.10. The van der Waals surface area contributed by atoms with E-state index in [2.05, 4.69) is 33.5 Å². The summed E-state index contributed by atoms with van der Waals surface area (Å²) in [5, 5.41) is 4.19. The Balaban J connectivity index is 1.59. The van der Waals surface area contributed by atoms with Gasteiger partial charge in [0.15, 0.2) is 0 Å². The molecule has 1 atom stereocenters. The van der Waals surface area contributed by atoms with Crippen LogP contribution in [0.25, 0.3) is 22.3 Å². The zero-order chi connectivity index (χ0) is 23.2. The largest absolute Gasteiger partial charge is 0.416 e. The monoisotopic (exact) mass is 469 g/mol. The summed E-state index contributed by atoms with van der Waals surface area (Å²) in [4.78, 5) is 8.98. The molecule has 0 radical (unpaired) electrons. The Labute approximate surface area is 192 Å². The first-order valence-electron chi connectivity index (χ1n) is 10.6. The second-order valence-corrected chi connectivity index (χ2v) is 9.25. The Kier molecular flexibility index (Phi) is 5.44. The van der Waals surface area contributed by atoms with Gasteiger partial charge in [0.1, 0.15) is 5.82 Å². The molecular formula is C24H22F3N5S. The van der Waals surface area contributed by atoms with Gasteiger partial charge >= 0.3 is 6.18 Å². The van der Waals surface area contributed by atoms with Gasteiger partial charge in [0.25, 0.3) is 0 Å². The lowest BCUT2D eigenvalue weighted by molar-refractivity contribution is -0.137. The Hall–Kier alpha value is -3.20. The standard InChI is InChI=1S/C24H22F3N5S/c1-14(17-10-18(24(25,26)27)13-19(28)11-17)30-22-20-12-16(15-4-8-33-9-5-15)2-3-21(20)32-7-6-29-23(32)31-22/h2-4,6-7,10-14H,5,8-9,28H2,1H3,(H,29,30,31)/t14-/m1/s1. The molecule has 2 aromatic carbocycles. The Morgan fingerprint density at radius 1 is 1.18 bits per heavy atom. The Bertz CT molecular complexity index is 1380. The van der Waals surface area contributed by atoms with Gasteiger partial charge in [-0.1, -0.05) is 12.1 Å². The Morgan fingerprint density at radius 3 is 2.79 bits per heavy atom. The van der Waals surface area contributed by atoms with Crippen LogP contribution in [0.5, 0.6) is 0 Å². The van der Waals surface area contributed by atoms with Crippen molar-refractivity contribution in [2.75, 3.05) is 22.6 Å². The molecule has 0 aliphatic carbocycles. The third-order valence-electron chi connectivity index (χ3n) is 5.84. The van der Waals surface area contributed by atoms with Gasteiger partial charge in [0.05, 0.1) is 17.1 Å². The van der Waals surface area contributed by atoms with E-state index in [0.717, 1.165) is 46.5 Å². The second kappa shape index (κ2) is 8.30. The number of fused-ring (bicyclic) bond motifs is 3. The number of nitrogens with zero attached hydrogens (tertiary/aromatic N) is 3. The van der Waals surface area contributed by atoms with E-state index >= 15 is 0 Å². The van der Waals surface area contributed by atoms with Crippen LogP contribution in [0.1, 0.15) is 36.1 Å². The van der Waals surface area contributed by atoms with Crippen molar-refractivity contribution in [3.8, 4) is 0 Å². The van der Waals surface area contributed by atoms with Crippen molar-refractivity contribution in [3.63, 3.8) is 0 Å². The van der Waals surface area contributed by atoms with Crippen LogP contribution < -0.4 is 11.1 Å². The highest BCUT2D eigenvalue weighted by atomic mass is 32.2. The van der Waals surface area contributed by atoms with Crippen LogP contribution in [-0.4, -0.2) is 25.9 Å². The van der Waals surface area contributed by atoms with Crippen LogP contribution in [0.2, 0.25) is 0 Å². The zero-order valence-electron chi connectivity index (χ0n) is 17.9. The van der Waals surface area contributed by atoms with Crippen molar-refractivity contribution in [1.29, 1.82) is 0 Å². The lowest BCUT2D eigenvalue weighted by Gasteiger charge is -2.20. The molecule has 4 aromatic rings. The molecule has 0 spiro atoms. The number of alkyl halides is 3. The van der Waals surface area contributed by atoms with E-state index in [0.29, 0.717) is 17.2 Å². The summed E-state index contributed by atoms with van der Waals surface area (Å²) >= 11 is 1.91. The number of allylic oxidation sites excluding steroid dienone is 1. The number of benzene rings is 2. The summed E-state index contributed by atoms with van der Waals surface area (Å²) in [5.74, 6) is 3.16. The van der Waals surface area contributed by atoms with Crippen molar-refractivity contribution < 1.29 is 13.2 Å². The highest BCUT2D eigenvalue weighted by Gasteiger charge is 2.31. The quantitative estimate of drug-likeness (QED) is 0.350. The van der Waals surface area contributed by atoms with Gasteiger partial charge in [0, 0.05) is 29.2 Å². The summed E-state index contributed by atoms with van der Waals surface area (Å²) < 4.78 is 41.8. The number of nitrogen functional groups attached to an aromatic ring is 1. The number of anilines is 2. The van der Waals surface area contributed by atoms with Crippen LogP contribution in [0.4, 0.5) is 24.7 Å². The molecule has 1 aliphatic heterocycles. The number of nitrogens with two attached hydrogens (primary N) is 1. The van der Waals surface area contributed by atoms with Gasteiger partial charge in [-0.15, -0.1) is 0 Å². The van der Waals surface area contributed by atoms with E-state index in [9.17, 15) is 13.2 Å². The van der Waals surface area contributed by atoms with Crippen molar-refractivity contribution in [1.82, 2.24) is 14.4 Å². The topological polar surface area (TPSA) is 68.2 Å². The fraction of sp³-hybridized carbons (Fsp3) is 0.250. The molecule has 0 amide bonds. The summed E-state index contributed by atoms with van der Waals surface area (Å²) in [6.07, 6.45) is 2.31. The summed E-state index contributed by atoms with van der Waals surface area (Å²) in [5.41, 5.74) is 8.86. The number of aromatic nitrogens is 3. The normalized spacial score (nSPS) is 15.6. The van der Waals surface area contributed by atoms with Crippen LogP contribution >= 0.6 is 11.8 Å². The minimum atomic E-state index is -4.47. The van der Waals surface area contributed by atoms with Gasteiger partial charge < -0.3 is 11.1 Å². The lowest BCUT2D eigenvalue weighted by Crippen LogP contribution is -2.13. The van der Waals surface area contributed by atoms with E-state index in [1.807, 2.05) is 28.4 Å². The lowest BCUT2D eigenvalue weighted by atomic mass is 10.0. The molecule has 0 unspecified atom stereocenters. The third-order valence-corrected chi connectivity index (χ3v) is 6.73. The van der Waals surface area contributed by atoms with Crippen molar-refractivity contribution in [3.05, 3.63) is 71.6 Å². The number of hydrogen-bond donors (Lipinski definition) is 2. The smallest absolute Gasteiger partial charge is 0.399 e. The van der Waals surface area contributed by atoms with E-state index in [1.54, 1.807) is 19.2 Å². The number of nitrogens with one attached hydrogen (secondary N) is 1. The van der Waals surface area contributed by atoms with E-state index in [-0.39, 0.29) is 5.69 Å². The van der Waals surface area contributed by atoms with Gasteiger partial charge in [-0.25, -0.2) is 4.98 Å². The number of rotatable bonds is 4. The number of thioether (sulfide) groups is 1. The molecule has 170 valence electrons. The molecule has 5 nitrogen and oxygen atoms in total. The predicted molar refractivity (Wildman–Crippen MR) is 128 cm³/mol. The van der Waals surface area contributed by atoms with E-state index < -0.39 is 17.8 Å². The summed E-state index contributed by atoms with van der Waals surface area (Å²) in [7, 11) is 0. The average Bonchev–Trinajstić information content (AvgIpc) is 3.27. The molecule has 0 fully saturated rings. The highest BCUT2D eigenvalue weighted by Crippen LogP contribution is 2.35. The maximum atomic E-state index is 13.3. The first kappa shape index (κ1) is 21.6. The molecule has 3 N–H and O–H groups in total. The average molecular weight is 470 g/mol. The van der Waals surface area contributed by atoms with Crippen molar-refractivity contribution >= 4 is 45.5 Å². The van der Waals surface area contributed by atoms with Crippen LogP contribution in [0.15, 0.2) is 54.9 Å². The molecule has 33 heavy (non-hydrogen) atoms. The molecule has 3 heterocycles. The molecule has 0 bridgehead atoms. The summed E-state index contributed by atoms with van der Waals surface area (Å²) in [6, 6.07) is 9.41. The van der Waals surface area contributed by atoms with Crippen LogP contribution in [-0.2, 0) is 6.18 Å². The SMILES string of the molecule is C[C@@H](Nc1nc2nccn2c2ccc(C3=CCSCC3)cc12)c1cc(N)cc(C(F)(F)F)c1.